The van der Waals surface area contributed by atoms with Crippen LogP contribution in [0.2, 0.25) is 0 Å². The van der Waals surface area contributed by atoms with Gasteiger partial charge in [-0.2, -0.15) is 0 Å². The van der Waals surface area contributed by atoms with Gasteiger partial charge in [0.05, 0.1) is 12.7 Å². The van der Waals surface area contributed by atoms with Crippen LogP contribution in [0.5, 0.6) is 0 Å². The molecule has 1 aromatic rings. The molecule has 1 amide bonds. The van der Waals surface area contributed by atoms with Crippen molar-refractivity contribution in [2.24, 2.45) is 0 Å². The highest BCUT2D eigenvalue weighted by Crippen LogP contribution is 2.16. The highest BCUT2D eigenvalue weighted by atomic mass is 79.9. The van der Waals surface area contributed by atoms with E-state index in [4.69, 9.17) is 4.74 Å². The molecule has 98 valence electrons. The lowest BCUT2D eigenvalue weighted by Crippen LogP contribution is -2.46. The minimum absolute atomic E-state index is 0.104. The Kier molecular flexibility index (Phi) is 4.40. The van der Waals surface area contributed by atoms with Crippen LogP contribution < -0.4 is 0 Å². The summed E-state index contributed by atoms with van der Waals surface area (Å²) in [6, 6.07) is 6.01. The van der Waals surface area contributed by atoms with Crippen molar-refractivity contribution in [1.29, 1.82) is 0 Å². The standard InChI is InChI=1S/C14H18BrNO2/c1-10-3-4-11(2)13(7-10)14(17)16-5-6-18-12(8-15)9-16/h3-4,7,12H,5-6,8-9H2,1-2H3. The van der Waals surface area contributed by atoms with Gasteiger partial charge in [-0.3, -0.25) is 4.79 Å². The molecule has 2 rings (SSSR count). The summed E-state index contributed by atoms with van der Waals surface area (Å²) in [7, 11) is 0. The number of alkyl halides is 1. The molecule has 1 aliphatic heterocycles. The number of hydrogen-bond donors (Lipinski definition) is 0. The quantitative estimate of drug-likeness (QED) is 0.786. The van der Waals surface area contributed by atoms with E-state index in [2.05, 4.69) is 15.9 Å². The molecule has 0 aromatic heterocycles. The Morgan fingerprint density at radius 3 is 3.00 bits per heavy atom. The third-order valence-corrected chi connectivity index (χ3v) is 3.94. The number of aryl methyl sites for hydroxylation is 2. The molecule has 0 radical (unpaired) electrons. The summed E-state index contributed by atoms with van der Waals surface area (Å²) < 4.78 is 5.56. The fourth-order valence-electron chi connectivity index (χ4n) is 2.13. The van der Waals surface area contributed by atoms with Crippen LogP contribution in [-0.2, 0) is 4.74 Å². The Labute approximate surface area is 116 Å². The Hall–Kier alpha value is -0.870. The Morgan fingerprint density at radius 2 is 2.28 bits per heavy atom. The predicted octanol–water partition coefficient (Wildman–Crippen LogP) is 2.54. The van der Waals surface area contributed by atoms with Gasteiger partial charge in [0.15, 0.2) is 0 Å². The van der Waals surface area contributed by atoms with E-state index in [0.29, 0.717) is 19.7 Å². The molecule has 1 aliphatic rings. The summed E-state index contributed by atoms with van der Waals surface area (Å²) in [6.07, 6.45) is 0.104. The normalized spacial score (nSPS) is 19.9. The topological polar surface area (TPSA) is 29.5 Å². The maximum absolute atomic E-state index is 12.5. The molecule has 3 nitrogen and oxygen atoms in total. The van der Waals surface area contributed by atoms with Crippen molar-refractivity contribution in [1.82, 2.24) is 4.90 Å². The van der Waals surface area contributed by atoms with Gasteiger partial charge in [-0.1, -0.05) is 33.6 Å². The lowest BCUT2D eigenvalue weighted by molar-refractivity contribution is -0.00968. The van der Waals surface area contributed by atoms with Crippen molar-refractivity contribution in [2.45, 2.75) is 20.0 Å². The zero-order valence-corrected chi connectivity index (χ0v) is 12.4. The number of morpholine rings is 1. The van der Waals surface area contributed by atoms with Gasteiger partial charge in [-0.15, -0.1) is 0 Å². The lowest BCUT2D eigenvalue weighted by Gasteiger charge is -2.32. The number of amides is 1. The number of hydrogen-bond acceptors (Lipinski definition) is 2. The third-order valence-electron chi connectivity index (χ3n) is 3.22. The first-order valence-electron chi connectivity index (χ1n) is 6.16. The number of halogens is 1. The van der Waals surface area contributed by atoms with Crippen molar-refractivity contribution in [3.05, 3.63) is 34.9 Å². The smallest absolute Gasteiger partial charge is 0.254 e. The average Bonchev–Trinajstić information content (AvgIpc) is 2.41. The third kappa shape index (κ3) is 2.93. The zero-order chi connectivity index (χ0) is 13.1. The largest absolute Gasteiger partial charge is 0.374 e. The molecule has 1 fully saturated rings. The molecule has 1 saturated heterocycles. The average molecular weight is 312 g/mol. The molecule has 1 aromatic carbocycles. The van der Waals surface area contributed by atoms with Crippen LogP contribution >= 0.6 is 15.9 Å². The number of rotatable bonds is 2. The van der Waals surface area contributed by atoms with Gasteiger partial charge in [-0.05, 0) is 25.5 Å². The van der Waals surface area contributed by atoms with Gasteiger partial charge in [0.2, 0.25) is 0 Å². The van der Waals surface area contributed by atoms with E-state index in [1.54, 1.807) is 0 Å². The van der Waals surface area contributed by atoms with Gasteiger partial charge in [0.1, 0.15) is 0 Å². The molecule has 0 saturated carbocycles. The molecule has 1 heterocycles. The van der Waals surface area contributed by atoms with Crippen LogP contribution in [0.15, 0.2) is 18.2 Å². The summed E-state index contributed by atoms with van der Waals surface area (Å²) in [5.41, 5.74) is 2.96. The highest BCUT2D eigenvalue weighted by molar-refractivity contribution is 9.09. The van der Waals surface area contributed by atoms with Crippen molar-refractivity contribution in [3.63, 3.8) is 0 Å². The first-order valence-corrected chi connectivity index (χ1v) is 7.28. The molecule has 0 N–H and O–H groups in total. The van der Waals surface area contributed by atoms with E-state index >= 15 is 0 Å². The van der Waals surface area contributed by atoms with Gasteiger partial charge in [0, 0.05) is 24.0 Å². The van der Waals surface area contributed by atoms with Crippen LogP contribution in [-0.4, -0.2) is 41.9 Å². The molecule has 0 spiro atoms. The predicted molar refractivity (Wildman–Crippen MR) is 75.4 cm³/mol. The zero-order valence-electron chi connectivity index (χ0n) is 10.8. The van der Waals surface area contributed by atoms with E-state index < -0.39 is 0 Å². The summed E-state index contributed by atoms with van der Waals surface area (Å²) in [5, 5.41) is 0.767. The SMILES string of the molecule is Cc1ccc(C)c(C(=O)N2CCOC(CBr)C2)c1. The minimum Gasteiger partial charge on any atom is -0.374 e. The number of benzene rings is 1. The van der Waals surface area contributed by atoms with E-state index in [1.165, 1.54) is 0 Å². The van der Waals surface area contributed by atoms with Crippen LogP contribution in [0.3, 0.4) is 0 Å². The molecule has 18 heavy (non-hydrogen) atoms. The Morgan fingerprint density at radius 1 is 1.50 bits per heavy atom. The number of carbonyl (C=O) groups is 1. The Balaban J connectivity index is 2.17. The van der Waals surface area contributed by atoms with Crippen molar-refractivity contribution in [3.8, 4) is 0 Å². The molecule has 1 atom stereocenters. The van der Waals surface area contributed by atoms with Gasteiger partial charge in [0.25, 0.3) is 5.91 Å². The van der Waals surface area contributed by atoms with Crippen LogP contribution in [0.1, 0.15) is 21.5 Å². The maximum Gasteiger partial charge on any atom is 0.254 e. The van der Waals surface area contributed by atoms with Crippen LogP contribution in [0, 0.1) is 13.8 Å². The first-order chi connectivity index (χ1) is 8.61. The van der Waals surface area contributed by atoms with Gasteiger partial charge >= 0.3 is 0 Å². The van der Waals surface area contributed by atoms with Crippen molar-refractivity contribution >= 4 is 21.8 Å². The maximum atomic E-state index is 12.5. The minimum atomic E-state index is 0.104. The second-order valence-corrected chi connectivity index (χ2v) is 5.36. The summed E-state index contributed by atoms with van der Waals surface area (Å²) in [6.45, 7) is 5.95. The summed E-state index contributed by atoms with van der Waals surface area (Å²) in [4.78, 5) is 14.4. The molecule has 4 heteroatoms. The van der Waals surface area contributed by atoms with Crippen molar-refractivity contribution in [2.75, 3.05) is 25.0 Å². The van der Waals surface area contributed by atoms with E-state index in [9.17, 15) is 4.79 Å². The lowest BCUT2D eigenvalue weighted by atomic mass is 10.0. The second-order valence-electron chi connectivity index (χ2n) is 4.72. The molecule has 0 bridgehead atoms. The van der Waals surface area contributed by atoms with E-state index in [1.807, 2.05) is 36.9 Å². The monoisotopic (exact) mass is 311 g/mol. The van der Waals surface area contributed by atoms with Crippen molar-refractivity contribution < 1.29 is 9.53 Å². The number of nitrogens with zero attached hydrogens (tertiary/aromatic N) is 1. The highest BCUT2D eigenvalue weighted by Gasteiger charge is 2.25. The first kappa shape index (κ1) is 13.6. The van der Waals surface area contributed by atoms with Gasteiger partial charge < -0.3 is 9.64 Å². The Bertz CT molecular complexity index is 447. The summed E-state index contributed by atoms with van der Waals surface area (Å²) >= 11 is 3.41. The molecule has 0 aliphatic carbocycles. The molecular formula is C14H18BrNO2. The fourth-order valence-corrected chi connectivity index (χ4v) is 2.53. The molecular weight excluding hydrogens is 294 g/mol. The summed E-state index contributed by atoms with van der Waals surface area (Å²) in [5.74, 6) is 0.116. The van der Waals surface area contributed by atoms with Crippen LogP contribution in [0.4, 0.5) is 0 Å². The van der Waals surface area contributed by atoms with Crippen LogP contribution in [0.25, 0.3) is 0 Å². The van der Waals surface area contributed by atoms with E-state index in [0.717, 1.165) is 22.0 Å². The molecule has 1 unspecified atom stereocenters. The fraction of sp³-hybridized carbons (Fsp3) is 0.500. The van der Waals surface area contributed by atoms with E-state index in [-0.39, 0.29) is 12.0 Å². The second kappa shape index (κ2) is 5.85. The van der Waals surface area contributed by atoms with Gasteiger partial charge in [-0.25, -0.2) is 0 Å². The number of ether oxygens (including phenoxy) is 1. The number of carbonyl (C=O) groups excluding carboxylic acids is 1.